The van der Waals surface area contributed by atoms with Crippen molar-refractivity contribution in [2.45, 2.75) is 59.0 Å². The molecular weight excluding hydrogens is 709 g/mol. The van der Waals surface area contributed by atoms with Crippen molar-refractivity contribution in [1.29, 1.82) is 0 Å². The van der Waals surface area contributed by atoms with Crippen LogP contribution in [0.2, 0.25) is 10.0 Å². The van der Waals surface area contributed by atoms with Gasteiger partial charge in [0.05, 0.1) is 15.4 Å². The fourth-order valence-electron chi connectivity index (χ4n) is 5.42. The lowest BCUT2D eigenvalue weighted by Crippen LogP contribution is -2.50. The van der Waals surface area contributed by atoms with Crippen LogP contribution >= 0.6 is 23.2 Å². The third kappa shape index (κ3) is 8.44. The highest BCUT2D eigenvalue weighted by molar-refractivity contribution is 6.42. The fourth-order valence-corrected chi connectivity index (χ4v) is 5.72. The first-order valence-electron chi connectivity index (χ1n) is 15.3. The Balaban J connectivity index is 1.74. The topological polar surface area (TPSA) is 180 Å². The van der Waals surface area contributed by atoms with Crippen molar-refractivity contribution in [3.63, 3.8) is 0 Å². The lowest BCUT2D eigenvalue weighted by molar-refractivity contribution is -0.204. The van der Waals surface area contributed by atoms with E-state index in [9.17, 15) is 24.0 Å². The smallest absolute Gasteiger partial charge is 0.303 e. The fraction of sp³-hybridized carbons (Fsp3) is 0.294. The van der Waals surface area contributed by atoms with Crippen LogP contribution in [-0.4, -0.2) is 78.9 Å². The number of ether oxygens (including phenoxy) is 5. The van der Waals surface area contributed by atoms with Gasteiger partial charge in [0, 0.05) is 52.1 Å². The Morgan fingerprint density at radius 1 is 0.745 bits per heavy atom. The lowest BCUT2D eigenvalue weighted by atomic mass is 10.0. The van der Waals surface area contributed by atoms with Crippen molar-refractivity contribution < 1.29 is 47.7 Å². The molecule has 0 spiro atoms. The molecule has 0 bridgehead atoms. The van der Waals surface area contributed by atoms with Crippen LogP contribution in [0.1, 0.15) is 46.5 Å². The molecule has 0 amide bonds. The number of carbonyl (C=O) groups is 5. The van der Waals surface area contributed by atoms with Crippen molar-refractivity contribution in [3.8, 4) is 16.8 Å². The van der Waals surface area contributed by atoms with Crippen molar-refractivity contribution in [2.24, 2.45) is 0 Å². The molecule has 4 atom stereocenters. The number of hydrogen-bond acceptors (Lipinski definition) is 13. The minimum absolute atomic E-state index is 0.196. The van der Waals surface area contributed by atoms with Crippen LogP contribution in [0.5, 0.6) is 0 Å². The zero-order chi connectivity index (χ0) is 37.0. The molecular formula is C34H31Cl2N5O10. The van der Waals surface area contributed by atoms with E-state index < -0.39 is 60.9 Å². The molecule has 0 saturated carbocycles. The van der Waals surface area contributed by atoms with E-state index in [0.717, 1.165) is 40.2 Å². The normalized spacial score (nSPS) is 13.5. The number of nitrogens with zero attached hydrogens (tertiary/aromatic N) is 5. The summed E-state index contributed by atoms with van der Waals surface area (Å²) in [6, 6.07) is 14.5. The molecule has 0 fully saturated rings. The van der Waals surface area contributed by atoms with Crippen LogP contribution in [0.15, 0.2) is 61.1 Å². The average Bonchev–Trinajstić information content (AvgIpc) is 3.67. The molecule has 3 aromatic heterocycles. The van der Waals surface area contributed by atoms with Gasteiger partial charge in [0.15, 0.2) is 35.4 Å². The van der Waals surface area contributed by atoms with Gasteiger partial charge in [-0.3, -0.25) is 24.0 Å². The molecule has 51 heavy (non-hydrogen) atoms. The predicted octanol–water partition coefficient (Wildman–Crippen LogP) is 5.00. The summed E-state index contributed by atoms with van der Waals surface area (Å²) < 4.78 is 30.3. The summed E-state index contributed by atoms with van der Waals surface area (Å²) in [5, 5.41) is 5.76. The van der Waals surface area contributed by atoms with Crippen molar-refractivity contribution >= 4 is 69.7 Å². The van der Waals surface area contributed by atoms with Gasteiger partial charge in [0.2, 0.25) is 6.10 Å². The van der Waals surface area contributed by atoms with Gasteiger partial charge in [-0.05, 0) is 23.8 Å². The second-order valence-electron chi connectivity index (χ2n) is 11.2. The molecule has 5 aromatic rings. The molecule has 0 N–H and O–H groups in total. The minimum Gasteiger partial charge on any atom is -0.462 e. The Labute approximate surface area is 300 Å². The van der Waals surface area contributed by atoms with Gasteiger partial charge in [0.1, 0.15) is 12.9 Å². The summed E-state index contributed by atoms with van der Waals surface area (Å²) in [6.07, 6.45) is -3.34. The Morgan fingerprint density at radius 2 is 1.39 bits per heavy atom. The number of esters is 5. The minimum atomic E-state index is -1.72. The first kappa shape index (κ1) is 36.7. The molecule has 2 aromatic carbocycles. The summed E-state index contributed by atoms with van der Waals surface area (Å²) in [4.78, 5) is 70.8. The molecule has 0 aliphatic carbocycles. The van der Waals surface area contributed by atoms with Crippen molar-refractivity contribution in [1.82, 2.24) is 24.1 Å². The standard InChI is InChI=1S/C34H31Cl2N5O10/c1-17(42)47-15-27(48-18(2)43)29(49-19(3)44)30(50-20(4)45)31(51-21(5)46)32-38-34-28-24(22-9-7-6-8-10-22)14-40(33(28)37-16-41(34)39-32)23-11-12-25(35)26(36)13-23/h6-14,16,27,29-31H,15H2,1-5H3/t27-,29-,30+,31-/m1/s1. The molecule has 0 aliphatic heterocycles. The molecule has 17 heteroatoms. The van der Waals surface area contributed by atoms with Crippen LogP contribution in [0.4, 0.5) is 0 Å². The molecule has 0 unspecified atom stereocenters. The number of rotatable bonds is 12. The lowest BCUT2D eigenvalue weighted by Gasteiger charge is -2.34. The van der Waals surface area contributed by atoms with Crippen LogP contribution in [0.25, 0.3) is 33.5 Å². The SMILES string of the molecule is CC(=O)OC[C@@H](OC(C)=O)[C@@H](OC(C)=O)[C@H](OC(C)=O)[C@@H](OC(C)=O)c1nc2c3c(-c4ccccc4)cn(-c4ccc(Cl)c(Cl)c4)c3ncn2n1. The van der Waals surface area contributed by atoms with Gasteiger partial charge in [-0.15, -0.1) is 5.10 Å². The number of hydrogen-bond donors (Lipinski definition) is 0. The molecule has 0 aliphatic rings. The maximum atomic E-state index is 12.6. The molecule has 15 nitrogen and oxygen atoms in total. The van der Waals surface area contributed by atoms with E-state index in [-0.39, 0.29) is 11.5 Å². The van der Waals surface area contributed by atoms with E-state index in [2.05, 4.69) is 10.1 Å². The maximum Gasteiger partial charge on any atom is 0.303 e. The molecule has 0 saturated heterocycles. The van der Waals surface area contributed by atoms with Gasteiger partial charge in [0.25, 0.3) is 0 Å². The molecule has 266 valence electrons. The number of halogens is 2. The number of benzene rings is 2. The van der Waals surface area contributed by atoms with Gasteiger partial charge in [-0.2, -0.15) is 0 Å². The van der Waals surface area contributed by atoms with Gasteiger partial charge in [-0.1, -0.05) is 53.5 Å². The first-order valence-corrected chi connectivity index (χ1v) is 16.1. The van der Waals surface area contributed by atoms with Crippen LogP contribution in [0.3, 0.4) is 0 Å². The van der Waals surface area contributed by atoms with E-state index in [0.29, 0.717) is 32.3 Å². The summed E-state index contributed by atoms with van der Waals surface area (Å²) >= 11 is 12.6. The Morgan fingerprint density at radius 3 is 2.00 bits per heavy atom. The van der Waals surface area contributed by atoms with Crippen molar-refractivity contribution in [2.75, 3.05) is 6.61 Å². The van der Waals surface area contributed by atoms with Crippen LogP contribution in [0, 0.1) is 0 Å². The van der Waals surface area contributed by atoms with Crippen LogP contribution in [-0.2, 0) is 47.7 Å². The largest absolute Gasteiger partial charge is 0.462 e. The highest BCUT2D eigenvalue weighted by Crippen LogP contribution is 2.36. The second-order valence-corrected chi connectivity index (χ2v) is 12.0. The number of carbonyl (C=O) groups excluding carboxylic acids is 5. The van der Waals surface area contributed by atoms with Gasteiger partial charge < -0.3 is 28.3 Å². The molecule has 5 rings (SSSR count). The number of aromatic nitrogens is 5. The zero-order valence-electron chi connectivity index (χ0n) is 27.9. The number of fused-ring (bicyclic) bond motifs is 3. The average molecular weight is 741 g/mol. The summed E-state index contributed by atoms with van der Waals surface area (Å²) in [6.45, 7) is 4.81. The van der Waals surface area contributed by atoms with Crippen LogP contribution < -0.4 is 0 Å². The molecule has 0 radical (unpaired) electrons. The Bertz CT molecular complexity index is 2130. The monoisotopic (exact) mass is 739 g/mol. The summed E-state index contributed by atoms with van der Waals surface area (Å²) in [5.41, 5.74) is 2.86. The van der Waals surface area contributed by atoms with Gasteiger partial charge in [-0.25, -0.2) is 14.5 Å². The van der Waals surface area contributed by atoms with E-state index in [1.54, 1.807) is 22.8 Å². The van der Waals surface area contributed by atoms with E-state index >= 15 is 0 Å². The third-order valence-electron chi connectivity index (χ3n) is 7.31. The Kier molecular flexibility index (Phi) is 11.2. The van der Waals surface area contributed by atoms with Crippen molar-refractivity contribution in [3.05, 3.63) is 76.9 Å². The van der Waals surface area contributed by atoms with E-state index in [1.807, 2.05) is 36.5 Å². The predicted molar refractivity (Wildman–Crippen MR) is 181 cm³/mol. The first-order chi connectivity index (χ1) is 24.2. The summed E-state index contributed by atoms with van der Waals surface area (Å²) in [7, 11) is 0. The highest BCUT2D eigenvalue weighted by atomic mass is 35.5. The van der Waals surface area contributed by atoms with E-state index in [4.69, 9.17) is 51.9 Å². The zero-order valence-corrected chi connectivity index (χ0v) is 29.4. The third-order valence-corrected chi connectivity index (χ3v) is 8.05. The van der Waals surface area contributed by atoms with Gasteiger partial charge >= 0.3 is 29.8 Å². The summed E-state index contributed by atoms with van der Waals surface area (Å²) in [5.74, 6) is -4.40. The quantitative estimate of drug-likeness (QED) is 0.123. The maximum absolute atomic E-state index is 12.6. The second kappa shape index (κ2) is 15.6. The molecule has 3 heterocycles. The highest BCUT2D eigenvalue weighted by Gasteiger charge is 2.46. The Hall–Kier alpha value is -5.54. The van der Waals surface area contributed by atoms with E-state index in [1.165, 1.54) is 10.8 Å².